The number of aldehydes is 1. The summed E-state index contributed by atoms with van der Waals surface area (Å²) in [7, 11) is 0. The molecule has 1 N–H and O–H groups in total. The predicted octanol–water partition coefficient (Wildman–Crippen LogP) is 2.67. The van der Waals surface area contributed by atoms with Crippen LogP contribution in [0.4, 0.5) is 0 Å². The molecule has 6 heteroatoms. The van der Waals surface area contributed by atoms with E-state index in [-0.39, 0.29) is 18.1 Å². The number of benzene rings is 2. The Labute approximate surface area is 133 Å². The van der Waals surface area contributed by atoms with Gasteiger partial charge in [-0.15, -0.1) is 5.10 Å². The molecule has 116 valence electrons. The third-order valence-corrected chi connectivity index (χ3v) is 3.40. The minimum Gasteiger partial charge on any atom is -0.508 e. The standard InChI is InChI=1S/C17H15N3O3/c1-12-2-8-15(9-3-12)23-11-17-16(10-21)18-19-20(17)13-4-6-14(22)7-5-13/h2-10,22H,11H2,1H3. The van der Waals surface area contributed by atoms with Crippen LogP contribution in [-0.2, 0) is 6.61 Å². The lowest BCUT2D eigenvalue weighted by Gasteiger charge is -2.09. The summed E-state index contributed by atoms with van der Waals surface area (Å²) in [5.41, 5.74) is 2.60. The van der Waals surface area contributed by atoms with Gasteiger partial charge in [0.1, 0.15) is 23.8 Å². The van der Waals surface area contributed by atoms with Crippen molar-refractivity contribution in [2.75, 3.05) is 0 Å². The largest absolute Gasteiger partial charge is 0.508 e. The van der Waals surface area contributed by atoms with E-state index in [1.807, 2.05) is 31.2 Å². The quantitative estimate of drug-likeness (QED) is 0.733. The van der Waals surface area contributed by atoms with Gasteiger partial charge >= 0.3 is 0 Å². The number of aryl methyl sites for hydroxylation is 1. The summed E-state index contributed by atoms with van der Waals surface area (Å²) in [6.45, 7) is 2.16. The molecule has 1 heterocycles. The molecule has 0 aliphatic rings. The molecule has 0 atom stereocenters. The van der Waals surface area contributed by atoms with Gasteiger partial charge in [0.25, 0.3) is 0 Å². The molecule has 0 fully saturated rings. The summed E-state index contributed by atoms with van der Waals surface area (Å²) in [6.07, 6.45) is 0.651. The van der Waals surface area contributed by atoms with E-state index in [9.17, 15) is 9.90 Å². The van der Waals surface area contributed by atoms with Gasteiger partial charge < -0.3 is 9.84 Å². The number of hydrogen-bond acceptors (Lipinski definition) is 5. The predicted molar refractivity (Wildman–Crippen MR) is 83.9 cm³/mol. The number of ether oxygens (including phenoxy) is 1. The highest BCUT2D eigenvalue weighted by Gasteiger charge is 2.14. The third-order valence-electron chi connectivity index (χ3n) is 3.40. The van der Waals surface area contributed by atoms with Crippen LogP contribution in [0, 0.1) is 6.92 Å². The summed E-state index contributed by atoms with van der Waals surface area (Å²) in [5.74, 6) is 0.854. The van der Waals surface area contributed by atoms with Crippen molar-refractivity contribution >= 4 is 6.29 Å². The highest BCUT2D eigenvalue weighted by Crippen LogP contribution is 2.18. The molecule has 3 rings (SSSR count). The second-order valence-corrected chi connectivity index (χ2v) is 5.07. The van der Waals surface area contributed by atoms with Crippen LogP contribution in [-0.4, -0.2) is 26.4 Å². The van der Waals surface area contributed by atoms with E-state index in [0.717, 1.165) is 5.56 Å². The fourth-order valence-electron chi connectivity index (χ4n) is 2.13. The highest BCUT2D eigenvalue weighted by molar-refractivity contribution is 5.73. The smallest absolute Gasteiger partial charge is 0.172 e. The SMILES string of the molecule is Cc1ccc(OCc2c(C=O)nnn2-c2ccc(O)cc2)cc1. The summed E-state index contributed by atoms with van der Waals surface area (Å²) >= 11 is 0. The Balaban J connectivity index is 1.88. The topological polar surface area (TPSA) is 77.2 Å². The first-order valence-corrected chi connectivity index (χ1v) is 7.06. The molecule has 0 unspecified atom stereocenters. The molecule has 6 nitrogen and oxygen atoms in total. The van der Waals surface area contributed by atoms with Gasteiger partial charge in [0.2, 0.25) is 0 Å². The van der Waals surface area contributed by atoms with Crippen molar-refractivity contribution in [3.63, 3.8) is 0 Å². The number of nitrogens with zero attached hydrogens (tertiary/aromatic N) is 3. The molecule has 0 amide bonds. The first-order valence-electron chi connectivity index (χ1n) is 7.06. The normalized spacial score (nSPS) is 10.5. The number of carbonyl (C=O) groups excluding carboxylic acids is 1. The number of hydrogen-bond donors (Lipinski definition) is 1. The summed E-state index contributed by atoms with van der Waals surface area (Å²) in [6, 6.07) is 14.1. The average Bonchev–Trinajstić information content (AvgIpc) is 2.98. The number of phenols is 1. The monoisotopic (exact) mass is 309 g/mol. The Morgan fingerprint density at radius 1 is 1.13 bits per heavy atom. The van der Waals surface area contributed by atoms with Crippen molar-refractivity contribution in [3.05, 3.63) is 65.5 Å². The highest BCUT2D eigenvalue weighted by atomic mass is 16.5. The number of carbonyl (C=O) groups is 1. The molecule has 0 saturated heterocycles. The van der Waals surface area contributed by atoms with Crippen LogP contribution in [0.25, 0.3) is 5.69 Å². The summed E-state index contributed by atoms with van der Waals surface area (Å²) in [5, 5.41) is 17.2. The van der Waals surface area contributed by atoms with Gasteiger partial charge in [-0.05, 0) is 43.3 Å². The maximum atomic E-state index is 11.2. The third kappa shape index (κ3) is 3.21. The Hall–Kier alpha value is -3.15. The van der Waals surface area contributed by atoms with Gasteiger partial charge in [-0.1, -0.05) is 22.9 Å². The minimum absolute atomic E-state index is 0.155. The fourth-order valence-corrected chi connectivity index (χ4v) is 2.13. The first-order chi connectivity index (χ1) is 11.2. The van der Waals surface area contributed by atoms with E-state index in [1.165, 1.54) is 4.68 Å². The maximum Gasteiger partial charge on any atom is 0.172 e. The number of phenolic OH excluding ortho intramolecular Hbond substituents is 1. The second-order valence-electron chi connectivity index (χ2n) is 5.07. The zero-order chi connectivity index (χ0) is 16.2. The number of rotatable bonds is 5. The van der Waals surface area contributed by atoms with Crippen LogP contribution < -0.4 is 4.74 Å². The Morgan fingerprint density at radius 2 is 1.83 bits per heavy atom. The molecule has 3 aromatic rings. The van der Waals surface area contributed by atoms with Gasteiger partial charge in [-0.3, -0.25) is 4.79 Å². The molecule has 0 spiro atoms. The van der Waals surface area contributed by atoms with Crippen LogP contribution in [0.1, 0.15) is 21.7 Å². The van der Waals surface area contributed by atoms with Crippen molar-refractivity contribution in [2.24, 2.45) is 0 Å². The van der Waals surface area contributed by atoms with Crippen molar-refractivity contribution in [3.8, 4) is 17.2 Å². The Bertz CT molecular complexity index is 808. The number of aromatic nitrogens is 3. The molecular formula is C17H15N3O3. The molecular weight excluding hydrogens is 294 g/mol. The maximum absolute atomic E-state index is 11.2. The minimum atomic E-state index is 0.155. The average molecular weight is 309 g/mol. The van der Waals surface area contributed by atoms with Crippen LogP contribution in [0.5, 0.6) is 11.5 Å². The van der Waals surface area contributed by atoms with Gasteiger partial charge in [0.15, 0.2) is 12.0 Å². The molecule has 0 saturated carbocycles. The van der Waals surface area contributed by atoms with Crippen LogP contribution >= 0.6 is 0 Å². The van der Waals surface area contributed by atoms with Crippen molar-refractivity contribution in [1.82, 2.24) is 15.0 Å². The lowest BCUT2D eigenvalue weighted by molar-refractivity contribution is 0.111. The Morgan fingerprint density at radius 3 is 2.48 bits per heavy atom. The van der Waals surface area contributed by atoms with Crippen molar-refractivity contribution < 1.29 is 14.6 Å². The lowest BCUT2D eigenvalue weighted by Crippen LogP contribution is -2.07. The molecule has 2 aromatic carbocycles. The van der Waals surface area contributed by atoms with E-state index in [1.54, 1.807) is 24.3 Å². The summed E-state index contributed by atoms with van der Waals surface area (Å²) in [4.78, 5) is 11.2. The van der Waals surface area contributed by atoms with E-state index < -0.39 is 0 Å². The molecule has 0 aliphatic heterocycles. The molecule has 23 heavy (non-hydrogen) atoms. The lowest BCUT2D eigenvalue weighted by atomic mass is 10.2. The van der Waals surface area contributed by atoms with Crippen LogP contribution in [0.2, 0.25) is 0 Å². The fraction of sp³-hybridized carbons (Fsp3) is 0.118. The van der Waals surface area contributed by atoms with Crippen molar-refractivity contribution in [1.29, 1.82) is 0 Å². The second kappa shape index (κ2) is 6.31. The van der Waals surface area contributed by atoms with Gasteiger partial charge in [0.05, 0.1) is 5.69 Å². The van der Waals surface area contributed by atoms with E-state index >= 15 is 0 Å². The molecule has 0 aliphatic carbocycles. The van der Waals surface area contributed by atoms with Gasteiger partial charge in [-0.2, -0.15) is 0 Å². The van der Waals surface area contributed by atoms with Crippen molar-refractivity contribution in [2.45, 2.75) is 13.5 Å². The van der Waals surface area contributed by atoms with Gasteiger partial charge in [0, 0.05) is 0 Å². The van der Waals surface area contributed by atoms with Crippen LogP contribution in [0.15, 0.2) is 48.5 Å². The zero-order valence-corrected chi connectivity index (χ0v) is 12.5. The Kier molecular flexibility index (Phi) is 4.05. The molecule has 0 bridgehead atoms. The zero-order valence-electron chi connectivity index (χ0n) is 12.5. The van der Waals surface area contributed by atoms with Gasteiger partial charge in [-0.25, -0.2) is 4.68 Å². The summed E-state index contributed by atoms with van der Waals surface area (Å²) < 4.78 is 7.25. The first kappa shape index (κ1) is 14.8. The van der Waals surface area contributed by atoms with E-state index in [4.69, 9.17) is 4.74 Å². The van der Waals surface area contributed by atoms with Crippen LogP contribution in [0.3, 0.4) is 0 Å². The number of aromatic hydroxyl groups is 1. The van der Waals surface area contributed by atoms with E-state index in [0.29, 0.717) is 23.4 Å². The molecule has 0 radical (unpaired) electrons. The molecule has 1 aromatic heterocycles. The van der Waals surface area contributed by atoms with E-state index in [2.05, 4.69) is 10.3 Å².